The van der Waals surface area contributed by atoms with Crippen molar-refractivity contribution in [3.8, 4) is 0 Å². The molecule has 1 amide bonds. The highest BCUT2D eigenvalue weighted by molar-refractivity contribution is 8.14. The van der Waals surface area contributed by atoms with Crippen LogP contribution in [-0.2, 0) is 29.1 Å². The number of aryl methyl sites for hydroxylation is 1. The van der Waals surface area contributed by atoms with Gasteiger partial charge in [0, 0.05) is 43.2 Å². The number of anilines is 1. The maximum absolute atomic E-state index is 14.6. The number of thioether (sulfide) groups is 1. The number of nitrogens with zero attached hydrogens (tertiary/aromatic N) is 4. The molecule has 0 N–H and O–H groups in total. The van der Waals surface area contributed by atoms with E-state index in [1.54, 1.807) is 12.4 Å². The van der Waals surface area contributed by atoms with Gasteiger partial charge in [-0.05, 0) is 42.2 Å². The van der Waals surface area contributed by atoms with E-state index in [1.165, 1.54) is 23.6 Å². The van der Waals surface area contributed by atoms with Crippen LogP contribution in [0.1, 0.15) is 43.4 Å². The quantitative estimate of drug-likeness (QED) is 0.315. The van der Waals surface area contributed by atoms with Crippen molar-refractivity contribution in [1.29, 1.82) is 0 Å². The Morgan fingerprint density at radius 2 is 1.85 bits per heavy atom. The monoisotopic (exact) mass is 554 g/mol. The van der Waals surface area contributed by atoms with Crippen molar-refractivity contribution < 1.29 is 23.1 Å². The van der Waals surface area contributed by atoms with Gasteiger partial charge in [0.1, 0.15) is 18.2 Å². The first kappa shape index (κ1) is 28.5. The number of carbonyl (C=O) groups excluding carboxylic acids is 2. The number of hydrogen-bond donors (Lipinski definition) is 0. The van der Waals surface area contributed by atoms with Gasteiger partial charge in [0.25, 0.3) is 0 Å². The number of benzene rings is 2. The molecular formula is C29H32F2N4O3S. The van der Waals surface area contributed by atoms with Crippen molar-refractivity contribution in [2.24, 2.45) is 0 Å². The largest absolute Gasteiger partial charge is 0.445 e. The van der Waals surface area contributed by atoms with E-state index < -0.39 is 17.7 Å². The van der Waals surface area contributed by atoms with Crippen molar-refractivity contribution in [1.82, 2.24) is 14.9 Å². The van der Waals surface area contributed by atoms with Gasteiger partial charge in [0.05, 0.1) is 12.6 Å². The number of hydrogen-bond acceptors (Lipinski definition) is 7. The molecule has 1 aromatic heterocycles. The van der Waals surface area contributed by atoms with E-state index in [2.05, 4.69) is 16.9 Å². The second-order valence-corrected chi connectivity index (χ2v) is 11.0. The summed E-state index contributed by atoms with van der Waals surface area (Å²) in [5, 5.41) is -0.0275. The van der Waals surface area contributed by atoms with E-state index >= 15 is 0 Å². The summed E-state index contributed by atoms with van der Waals surface area (Å²) in [5.74, 6) is -0.702. The minimum Gasteiger partial charge on any atom is -0.445 e. The second-order valence-electron chi connectivity index (χ2n) is 9.57. The number of carbonyl (C=O) groups is 2. The predicted molar refractivity (Wildman–Crippen MR) is 147 cm³/mol. The lowest BCUT2D eigenvalue weighted by atomic mass is 10.1. The Morgan fingerprint density at radius 3 is 2.54 bits per heavy atom. The van der Waals surface area contributed by atoms with Gasteiger partial charge in [0.2, 0.25) is 5.95 Å². The fourth-order valence-electron chi connectivity index (χ4n) is 4.66. The number of halogens is 2. The van der Waals surface area contributed by atoms with Crippen LogP contribution in [0.25, 0.3) is 0 Å². The van der Waals surface area contributed by atoms with Gasteiger partial charge in [0.15, 0.2) is 5.12 Å². The Balaban J connectivity index is 1.58. The Morgan fingerprint density at radius 1 is 1.10 bits per heavy atom. The average molecular weight is 555 g/mol. The lowest BCUT2D eigenvalue weighted by Crippen LogP contribution is -2.43. The third-order valence-corrected chi connectivity index (χ3v) is 7.47. The minimum absolute atomic E-state index is 0.000714. The normalized spacial score (nSPS) is 16.8. The van der Waals surface area contributed by atoms with Gasteiger partial charge in [-0.25, -0.2) is 23.5 Å². The molecule has 0 radical (unpaired) electrons. The van der Waals surface area contributed by atoms with Crippen molar-refractivity contribution in [3.05, 3.63) is 89.2 Å². The van der Waals surface area contributed by atoms with Crippen LogP contribution in [0.15, 0.2) is 60.9 Å². The molecule has 1 aliphatic rings. The summed E-state index contributed by atoms with van der Waals surface area (Å²) in [6.45, 7) is 4.14. The topological polar surface area (TPSA) is 75.6 Å². The lowest BCUT2D eigenvalue weighted by molar-refractivity contribution is -0.109. The average Bonchev–Trinajstić information content (AvgIpc) is 3.31. The predicted octanol–water partition coefficient (Wildman–Crippen LogP) is 5.77. The number of rotatable bonds is 10. The Bertz CT molecular complexity index is 1260. The SMILES string of the molecule is CCCc1cnc(N2C[C@H](SC(C)=O)C[C@H]2CN(Cc2cc(F)ccc2F)C(=O)OCc2ccccc2)nc1. The van der Waals surface area contributed by atoms with Crippen molar-refractivity contribution in [2.75, 3.05) is 18.0 Å². The zero-order valence-corrected chi connectivity index (χ0v) is 22.9. The summed E-state index contributed by atoms with van der Waals surface area (Å²) < 4.78 is 34.1. The highest BCUT2D eigenvalue weighted by Gasteiger charge is 2.37. The summed E-state index contributed by atoms with van der Waals surface area (Å²) in [6.07, 6.45) is 5.36. The van der Waals surface area contributed by atoms with Gasteiger partial charge in [-0.1, -0.05) is 55.4 Å². The molecule has 4 rings (SSSR count). The van der Waals surface area contributed by atoms with Crippen molar-refractivity contribution >= 4 is 28.9 Å². The first-order valence-corrected chi connectivity index (χ1v) is 13.8. The van der Waals surface area contributed by atoms with Crippen LogP contribution >= 0.6 is 11.8 Å². The van der Waals surface area contributed by atoms with Gasteiger partial charge in [-0.15, -0.1) is 0 Å². The number of ether oxygens (including phenoxy) is 1. The fraction of sp³-hybridized carbons (Fsp3) is 0.379. The summed E-state index contributed by atoms with van der Waals surface area (Å²) >= 11 is 1.25. The Labute approximate surface area is 231 Å². The Kier molecular flexibility index (Phi) is 9.86. The van der Waals surface area contributed by atoms with Crippen LogP contribution in [0.5, 0.6) is 0 Å². The van der Waals surface area contributed by atoms with Crippen molar-refractivity contribution in [3.63, 3.8) is 0 Å². The first-order valence-electron chi connectivity index (χ1n) is 13.0. The molecule has 3 aromatic rings. The number of aromatic nitrogens is 2. The standard InChI is InChI=1S/C29H32F2N4O3S/c1-3-7-22-14-32-28(33-15-22)35-18-26(39-20(2)36)13-25(35)17-34(16-23-12-24(30)10-11-27(23)31)29(37)38-19-21-8-5-4-6-9-21/h4-6,8-12,14-15,25-26H,3,7,13,16-19H2,1-2H3/t25-,26+/m0/s1. The lowest BCUT2D eigenvalue weighted by Gasteiger charge is -2.30. The van der Waals surface area contributed by atoms with Crippen LogP contribution < -0.4 is 4.90 Å². The molecule has 0 bridgehead atoms. The molecule has 1 saturated heterocycles. The van der Waals surface area contributed by atoms with Gasteiger partial charge in [-0.2, -0.15) is 0 Å². The molecular weight excluding hydrogens is 522 g/mol. The van der Waals surface area contributed by atoms with E-state index in [0.29, 0.717) is 18.9 Å². The molecule has 0 unspecified atom stereocenters. The van der Waals surface area contributed by atoms with E-state index in [0.717, 1.165) is 42.2 Å². The summed E-state index contributed by atoms with van der Waals surface area (Å²) in [6, 6.07) is 12.1. The molecule has 0 spiro atoms. The fourth-order valence-corrected chi connectivity index (χ4v) is 5.69. The molecule has 39 heavy (non-hydrogen) atoms. The summed E-state index contributed by atoms with van der Waals surface area (Å²) in [7, 11) is 0. The minimum atomic E-state index is -0.649. The maximum Gasteiger partial charge on any atom is 0.410 e. The molecule has 2 atom stereocenters. The molecule has 7 nitrogen and oxygen atoms in total. The zero-order chi connectivity index (χ0) is 27.8. The van der Waals surface area contributed by atoms with Crippen LogP contribution in [0.4, 0.5) is 19.5 Å². The Hall–Kier alpha value is -3.53. The summed E-state index contributed by atoms with van der Waals surface area (Å²) in [5.41, 5.74) is 1.88. The number of amides is 1. The molecule has 2 heterocycles. The van der Waals surface area contributed by atoms with Crippen molar-refractivity contribution in [2.45, 2.75) is 57.6 Å². The zero-order valence-electron chi connectivity index (χ0n) is 22.1. The smallest absolute Gasteiger partial charge is 0.410 e. The molecule has 2 aromatic carbocycles. The van der Waals surface area contributed by atoms with E-state index in [9.17, 15) is 18.4 Å². The third kappa shape index (κ3) is 7.98. The molecule has 1 aliphatic heterocycles. The third-order valence-electron chi connectivity index (χ3n) is 6.46. The van der Waals surface area contributed by atoms with Crippen LogP contribution in [0, 0.1) is 11.6 Å². The van der Waals surface area contributed by atoms with Gasteiger partial charge in [-0.3, -0.25) is 4.79 Å². The van der Waals surface area contributed by atoms with E-state index in [1.807, 2.05) is 35.2 Å². The van der Waals surface area contributed by atoms with Gasteiger partial charge < -0.3 is 14.5 Å². The molecule has 206 valence electrons. The summed E-state index contributed by atoms with van der Waals surface area (Å²) in [4.78, 5) is 37.7. The highest BCUT2D eigenvalue weighted by atomic mass is 32.2. The second kappa shape index (κ2) is 13.5. The van der Waals surface area contributed by atoms with E-state index in [4.69, 9.17) is 4.74 Å². The molecule has 10 heteroatoms. The molecule has 0 saturated carbocycles. The first-order chi connectivity index (χ1) is 18.8. The molecule has 1 fully saturated rings. The van der Waals surface area contributed by atoms with Gasteiger partial charge >= 0.3 is 6.09 Å². The highest BCUT2D eigenvalue weighted by Crippen LogP contribution is 2.31. The van der Waals surface area contributed by atoms with E-state index in [-0.39, 0.29) is 41.7 Å². The van der Waals surface area contributed by atoms with Crippen LogP contribution in [0.2, 0.25) is 0 Å². The molecule has 0 aliphatic carbocycles. The van der Waals surface area contributed by atoms with Crippen LogP contribution in [-0.4, -0.2) is 50.5 Å². The van der Waals surface area contributed by atoms with Crippen LogP contribution in [0.3, 0.4) is 0 Å². The maximum atomic E-state index is 14.6.